The molecule has 3 N–H and O–H groups in total. The molecule has 1 rings (SSSR count). The van der Waals surface area contributed by atoms with Gasteiger partial charge in [0, 0.05) is 19.2 Å². The highest BCUT2D eigenvalue weighted by atomic mass is 16.7. The number of ether oxygens (including phenoxy) is 1. The predicted molar refractivity (Wildman–Crippen MR) is 72.0 cm³/mol. The van der Waals surface area contributed by atoms with Crippen LogP contribution in [0.1, 0.15) is 33.6 Å². The van der Waals surface area contributed by atoms with Crippen LogP contribution in [0.5, 0.6) is 0 Å². The molecular formula is C11H23N5O3. The fourth-order valence-corrected chi connectivity index (χ4v) is 2.33. The SMILES string of the molecule is CCOC1C(NC(C)C)CCCN1/C(N)=N/[N+](=O)[O-]. The first-order valence-electron chi connectivity index (χ1n) is 6.58. The molecule has 0 spiro atoms. The third-order valence-electron chi connectivity index (χ3n) is 2.93. The van der Waals surface area contributed by atoms with Crippen molar-refractivity contribution in [2.24, 2.45) is 10.8 Å². The van der Waals surface area contributed by atoms with Gasteiger partial charge in [0.15, 0.2) is 5.03 Å². The second-order valence-corrected chi connectivity index (χ2v) is 4.81. The molecule has 1 saturated heterocycles. The molecule has 0 bridgehead atoms. The maximum Gasteiger partial charge on any atom is 0.270 e. The van der Waals surface area contributed by atoms with Gasteiger partial charge in [-0.15, -0.1) is 0 Å². The maximum absolute atomic E-state index is 10.4. The molecule has 0 aliphatic carbocycles. The van der Waals surface area contributed by atoms with Gasteiger partial charge in [-0.2, -0.15) is 0 Å². The first-order chi connectivity index (χ1) is 8.95. The lowest BCUT2D eigenvalue weighted by atomic mass is 10.0. The highest BCUT2D eigenvalue weighted by Crippen LogP contribution is 2.19. The molecule has 1 aliphatic heterocycles. The smallest absolute Gasteiger partial charge is 0.270 e. The highest BCUT2D eigenvalue weighted by molar-refractivity contribution is 5.77. The van der Waals surface area contributed by atoms with Crippen LogP contribution in [0.25, 0.3) is 0 Å². The zero-order valence-corrected chi connectivity index (χ0v) is 11.7. The van der Waals surface area contributed by atoms with Crippen molar-refractivity contribution < 1.29 is 9.77 Å². The fourth-order valence-electron chi connectivity index (χ4n) is 2.33. The van der Waals surface area contributed by atoms with Crippen molar-refractivity contribution in [1.29, 1.82) is 0 Å². The Kier molecular flexibility index (Phi) is 5.97. The van der Waals surface area contributed by atoms with Crippen LogP contribution in [0, 0.1) is 10.1 Å². The Labute approximate surface area is 113 Å². The summed E-state index contributed by atoms with van der Waals surface area (Å²) in [7, 11) is 0. The normalized spacial score (nSPS) is 24.8. The summed E-state index contributed by atoms with van der Waals surface area (Å²) in [4.78, 5) is 12.1. The zero-order valence-electron chi connectivity index (χ0n) is 11.7. The Hall–Kier alpha value is -1.41. The molecule has 0 amide bonds. The zero-order chi connectivity index (χ0) is 14.4. The Balaban J connectivity index is 2.85. The molecule has 0 aromatic heterocycles. The van der Waals surface area contributed by atoms with Crippen molar-refractivity contribution in [2.75, 3.05) is 13.2 Å². The average Bonchev–Trinajstić information content (AvgIpc) is 2.29. The predicted octanol–water partition coefficient (Wildman–Crippen LogP) is 0.318. The quantitative estimate of drug-likeness (QED) is 0.323. The van der Waals surface area contributed by atoms with Gasteiger partial charge in [0.1, 0.15) is 11.3 Å². The van der Waals surface area contributed by atoms with E-state index in [4.69, 9.17) is 10.5 Å². The van der Waals surface area contributed by atoms with Crippen molar-refractivity contribution in [1.82, 2.24) is 10.2 Å². The summed E-state index contributed by atoms with van der Waals surface area (Å²) in [6.45, 7) is 7.13. The largest absolute Gasteiger partial charge is 0.364 e. The number of nitro groups is 1. The summed E-state index contributed by atoms with van der Waals surface area (Å²) in [5.74, 6) is -0.0984. The summed E-state index contributed by atoms with van der Waals surface area (Å²) in [6.07, 6.45) is 1.53. The third kappa shape index (κ3) is 4.64. The number of nitrogens with two attached hydrogens (primary N) is 1. The molecule has 8 nitrogen and oxygen atoms in total. The second kappa shape index (κ2) is 7.25. The van der Waals surface area contributed by atoms with E-state index in [1.807, 2.05) is 6.92 Å². The molecule has 19 heavy (non-hydrogen) atoms. The molecular weight excluding hydrogens is 250 g/mol. The average molecular weight is 273 g/mol. The van der Waals surface area contributed by atoms with E-state index >= 15 is 0 Å². The Bertz CT molecular complexity index is 334. The minimum Gasteiger partial charge on any atom is -0.364 e. The molecule has 1 fully saturated rings. The van der Waals surface area contributed by atoms with E-state index in [1.54, 1.807) is 4.90 Å². The van der Waals surface area contributed by atoms with Crippen LogP contribution in [0.2, 0.25) is 0 Å². The van der Waals surface area contributed by atoms with Crippen LogP contribution >= 0.6 is 0 Å². The highest BCUT2D eigenvalue weighted by Gasteiger charge is 2.34. The van der Waals surface area contributed by atoms with Crippen molar-refractivity contribution in [3.63, 3.8) is 0 Å². The van der Waals surface area contributed by atoms with E-state index in [0.29, 0.717) is 19.2 Å². The summed E-state index contributed by atoms with van der Waals surface area (Å²) in [5.41, 5.74) is 5.69. The van der Waals surface area contributed by atoms with Gasteiger partial charge < -0.3 is 20.7 Å². The van der Waals surface area contributed by atoms with Crippen molar-refractivity contribution >= 4 is 5.96 Å². The van der Waals surface area contributed by atoms with Crippen molar-refractivity contribution in [3.05, 3.63) is 10.1 Å². The molecule has 8 heteroatoms. The number of hydrogen-bond donors (Lipinski definition) is 2. The summed E-state index contributed by atoms with van der Waals surface area (Å²) in [5, 5.41) is 16.2. The molecule has 0 aromatic carbocycles. The molecule has 1 heterocycles. The minimum atomic E-state index is -0.780. The number of hydrazone groups is 1. The number of guanidine groups is 1. The van der Waals surface area contributed by atoms with E-state index in [0.717, 1.165) is 12.8 Å². The number of hydrogen-bond acceptors (Lipinski definition) is 4. The third-order valence-corrected chi connectivity index (χ3v) is 2.93. The monoisotopic (exact) mass is 273 g/mol. The summed E-state index contributed by atoms with van der Waals surface area (Å²) >= 11 is 0. The Morgan fingerprint density at radius 1 is 1.68 bits per heavy atom. The van der Waals surface area contributed by atoms with E-state index in [-0.39, 0.29) is 18.2 Å². The number of piperidine rings is 1. The first kappa shape index (κ1) is 15.6. The Morgan fingerprint density at radius 3 is 2.89 bits per heavy atom. The van der Waals surface area contributed by atoms with Crippen LogP contribution < -0.4 is 11.1 Å². The van der Waals surface area contributed by atoms with E-state index in [1.165, 1.54) is 0 Å². The van der Waals surface area contributed by atoms with Crippen LogP contribution in [0.3, 0.4) is 0 Å². The standard InChI is InChI=1S/C11H23N5O3/c1-4-19-10-9(13-8(2)3)6-5-7-15(10)11(12)14-16(17)18/h8-10,13H,4-7H2,1-3H3,(H2,12,14). The lowest BCUT2D eigenvalue weighted by Crippen LogP contribution is -2.60. The molecule has 110 valence electrons. The van der Waals surface area contributed by atoms with Gasteiger partial charge in [0.2, 0.25) is 0 Å². The molecule has 0 aromatic rings. The Morgan fingerprint density at radius 2 is 2.37 bits per heavy atom. The fraction of sp³-hybridized carbons (Fsp3) is 0.909. The van der Waals surface area contributed by atoms with Crippen LogP contribution in [-0.4, -0.2) is 47.4 Å². The lowest BCUT2D eigenvalue weighted by molar-refractivity contribution is -0.486. The molecule has 2 atom stereocenters. The van der Waals surface area contributed by atoms with Gasteiger partial charge in [0.25, 0.3) is 5.96 Å². The van der Waals surface area contributed by atoms with E-state index in [9.17, 15) is 10.1 Å². The lowest BCUT2D eigenvalue weighted by Gasteiger charge is -2.41. The van der Waals surface area contributed by atoms with E-state index < -0.39 is 5.03 Å². The molecule has 2 unspecified atom stereocenters. The van der Waals surface area contributed by atoms with Crippen LogP contribution in [0.4, 0.5) is 0 Å². The number of likely N-dealkylation sites (tertiary alicyclic amines) is 1. The van der Waals surface area contributed by atoms with Crippen LogP contribution in [0.15, 0.2) is 5.10 Å². The maximum atomic E-state index is 10.4. The molecule has 1 aliphatic rings. The molecule has 0 saturated carbocycles. The van der Waals surface area contributed by atoms with Crippen molar-refractivity contribution in [3.8, 4) is 0 Å². The second-order valence-electron chi connectivity index (χ2n) is 4.81. The minimum absolute atomic E-state index is 0.0919. The number of nitrogens with zero attached hydrogens (tertiary/aromatic N) is 3. The topological polar surface area (TPSA) is 106 Å². The van der Waals surface area contributed by atoms with Gasteiger partial charge in [-0.25, -0.2) is 10.1 Å². The van der Waals surface area contributed by atoms with Crippen molar-refractivity contribution in [2.45, 2.75) is 51.9 Å². The van der Waals surface area contributed by atoms with Crippen LogP contribution in [-0.2, 0) is 4.74 Å². The number of nitrogens with one attached hydrogen (secondary N) is 1. The van der Waals surface area contributed by atoms with Gasteiger partial charge >= 0.3 is 0 Å². The van der Waals surface area contributed by atoms with Gasteiger partial charge in [0.05, 0.1) is 6.04 Å². The number of rotatable bonds is 5. The van der Waals surface area contributed by atoms with Gasteiger partial charge in [-0.05, 0) is 19.8 Å². The first-order valence-corrected chi connectivity index (χ1v) is 6.58. The summed E-state index contributed by atoms with van der Waals surface area (Å²) < 4.78 is 5.69. The van der Waals surface area contributed by atoms with E-state index in [2.05, 4.69) is 24.3 Å². The van der Waals surface area contributed by atoms with Gasteiger partial charge in [-0.3, -0.25) is 0 Å². The summed E-state index contributed by atoms with van der Waals surface area (Å²) in [6, 6.07) is 0.399. The molecule has 0 radical (unpaired) electrons. The van der Waals surface area contributed by atoms with Gasteiger partial charge in [-0.1, -0.05) is 13.8 Å².